The first-order valence-electron chi connectivity index (χ1n) is 7.22. The zero-order valence-electron chi connectivity index (χ0n) is 12.6. The molecule has 0 bridgehead atoms. The smallest absolute Gasteiger partial charge is 0.234 e. The van der Waals surface area contributed by atoms with E-state index < -0.39 is 11.6 Å². The summed E-state index contributed by atoms with van der Waals surface area (Å²) in [5.41, 5.74) is 2.84. The van der Waals surface area contributed by atoms with Crippen LogP contribution in [0.4, 0.5) is 0 Å². The molecule has 0 atom stereocenters. The van der Waals surface area contributed by atoms with E-state index in [1.165, 1.54) is 0 Å². The fourth-order valence-electron chi connectivity index (χ4n) is 2.74. The van der Waals surface area contributed by atoms with Gasteiger partial charge in [-0.25, -0.2) is 0 Å². The molecule has 0 radical (unpaired) electrons. The Balaban J connectivity index is 2.08. The molecule has 0 aliphatic rings. The number of hydrogen-bond donors (Lipinski definition) is 0. The molecule has 0 fully saturated rings. The summed E-state index contributed by atoms with van der Waals surface area (Å²) in [5.74, 6) is -0.905. The Morgan fingerprint density at radius 1 is 0.727 bits per heavy atom. The van der Waals surface area contributed by atoms with Gasteiger partial charge in [0.05, 0.1) is 0 Å². The summed E-state index contributed by atoms with van der Waals surface area (Å²) in [6.45, 7) is 3.82. The zero-order chi connectivity index (χ0) is 15.7. The van der Waals surface area contributed by atoms with E-state index in [9.17, 15) is 9.59 Å². The van der Waals surface area contributed by atoms with Crippen molar-refractivity contribution in [3.05, 3.63) is 82.9 Å². The largest absolute Gasteiger partial charge is 0.285 e. The molecule has 0 aliphatic carbocycles. The third-order valence-electron chi connectivity index (χ3n) is 3.87. The second kappa shape index (κ2) is 5.57. The van der Waals surface area contributed by atoms with E-state index >= 15 is 0 Å². The fraction of sp³-hybridized carbons (Fsp3) is 0.100. The van der Waals surface area contributed by atoms with Crippen LogP contribution < -0.4 is 0 Å². The van der Waals surface area contributed by atoms with Crippen molar-refractivity contribution in [3.8, 4) is 0 Å². The van der Waals surface area contributed by atoms with Crippen molar-refractivity contribution < 1.29 is 9.59 Å². The number of aryl methyl sites for hydroxylation is 2. The quantitative estimate of drug-likeness (QED) is 0.524. The van der Waals surface area contributed by atoms with Gasteiger partial charge in [0, 0.05) is 11.1 Å². The average Bonchev–Trinajstić information content (AvgIpc) is 2.53. The van der Waals surface area contributed by atoms with Crippen molar-refractivity contribution in [2.45, 2.75) is 13.8 Å². The molecule has 22 heavy (non-hydrogen) atoms. The highest BCUT2D eigenvalue weighted by Crippen LogP contribution is 2.21. The number of hydrogen-bond acceptors (Lipinski definition) is 2. The van der Waals surface area contributed by atoms with Gasteiger partial charge in [0.15, 0.2) is 0 Å². The van der Waals surface area contributed by atoms with E-state index in [1.807, 2.05) is 62.4 Å². The fourth-order valence-corrected chi connectivity index (χ4v) is 2.74. The molecular weight excluding hydrogens is 272 g/mol. The number of fused-ring (bicyclic) bond motifs is 1. The van der Waals surface area contributed by atoms with Crippen LogP contribution in [0, 0.1) is 13.8 Å². The van der Waals surface area contributed by atoms with E-state index in [2.05, 4.69) is 0 Å². The van der Waals surface area contributed by atoms with E-state index in [4.69, 9.17) is 0 Å². The lowest BCUT2D eigenvalue weighted by atomic mass is 9.94. The van der Waals surface area contributed by atoms with E-state index in [1.54, 1.807) is 12.1 Å². The molecule has 0 saturated carbocycles. The minimum Gasteiger partial charge on any atom is -0.285 e. The number of benzene rings is 3. The van der Waals surface area contributed by atoms with Gasteiger partial charge >= 0.3 is 0 Å². The van der Waals surface area contributed by atoms with E-state index in [0.717, 1.165) is 21.9 Å². The first kappa shape index (κ1) is 14.2. The van der Waals surface area contributed by atoms with Crippen LogP contribution in [0.3, 0.4) is 0 Å². The Morgan fingerprint density at radius 2 is 1.41 bits per heavy atom. The normalized spacial score (nSPS) is 10.6. The molecule has 108 valence electrons. The lowest BCUT2D eigenvalue weighted by molar-refractivity contribution is 0.0817. The second-order valence-electron chi connectivity index (χ2n) is 5.50. The second-order valence-corrected chi connectivity index (χ2v) is 5.50. The van der Waals surface area contributed by atoms with Crippen molar-refractivity contribution in [2.75, 3.05) is 0 Å². The number of rotatable bonds is 3. The molecule has 3 rings (SSSR count). The summed E-state index contributed by atoms with van der Waals surface area (Å²) >= 11 is 0. The standard InChI is InChI=1S/C20H16O2/c1-13-10-11-16(14(2)12-13)19(21)20(22)18-9-5-7-15-6-3-4-8-17(15)18/h3-12H,1-2H3. The number of ketones is 2. The lowest BCUT2D eigenvalue weighted by Gasteiger charge is -2.07. The van der Waals surface area contributed by atoms with Crippen molar-refractivity contribution in [1.82, 2.24) is 0 Å². The van der Waals surface area contributed by atoms with Crippen LogP contribution in [0.5, 0.6) is 0 Å². The van der Waals surface area contributed by atoms with Crippen molar-refractivity contribution in [1.29, 1.82) is 0 Å². The van der Waals surface area contributed by atoms with Crippen LogP contribution in [-0.2, 0) is 0 Å². The summed E-state index contributed by atoms with van der Waals surface area (Å²) in [7, 11) is 0. The van der Waals surface area contributed by atoms with Gasteiger partial charge < -0.3 is 0 Å². The molecule has 0 unspecified atom stereocenters. The van der Waals surface area contributed by atoms with Gasteiger partial charge in [0.25, 0.3) is 0 Å². The van der Waals surface area contributed by atoms with Crippen molar-refractivity contribution >= 4 is 22.3 Å². The molecule has 0 N–H and O–H groups in total. The van der Waals surface area contributed by atoms with Crippen LogP contribution in [0.2, 0.25) is 0 Å². The van der Waals surface area contributed by atoms with Crippen LogP contribution in [0.15, 0.2) is 60.7 Å². The van der Waals surface area contributed by atoms with Gasteiger partial charge in [0.1, 0.15) is 0 Å². The topological polar surface area (TPSA) is 34.1 Å². The third kappa shape index (κ3) is 2.44. The summed E-state index contributed by atoms with van der Waals surface area (Å²) < 4.78 is 0. The van der Waals surface area contributed by atoms with E-state index in [-0.39, 0.29) is 0 Å². The highest BCUT2D eigenvalue weighted by molar-refractivity contribution is 6.51. The van der Waals surface area contributed by atoms with Gasteiger partial charge in [-0.2, -0.15) is 0 Å². The number of Topliss-reactive ketones (excluding diaryl/α,β-unsaturated/α-hetero) is 2. The summed E-state index contributed by atoms with van der Waals surface area (Å²) in [5, 5.41) is 1.77. The highest BCUT2D eigenvalue weighted by Gasteiger charge is 2.21. The van der Waals surface area contributed by atoms with Gasteiger partial charge in [-0.3, -0.25) is 9.59 Å². The molecule has 0 aliphatic heterocycles. The van der Waals surface area contributed by atoms with Gasteiger partial charge in [-0.1, -0.05) is 66.2 Å². The maximum atomic E-state index is 12.6. The Hall–Kier alpha value is -2.74. The van der Waals surface area contributed by atoms with Crippen molar-refractivity contribution in [3.63, 3.8) is 0 Å². The van der Waals surface area contributed by atoms with Crippen LogP contribution in [-0.4, -0.2) is 11.6 Å². The Labute approximate surface area is 129 Å². The van der Waals surface area contributed by atoms with Crippen molar-refractivity contribution in [2.24, 2.45) is 0 Å². The molecule has 2 nitrogen and oxygen atoms in total. The first-order valence-corrected chi connectivity index (χ1v) is 7.22. The first-order chi connectivity index (χ1) is 10.6. The maximum Gasteiger partial charge on any atom is 0.234 e. The highest BCUT2D eigenvalue weighted by atomic mass is 16.2. The summed E-state index contributed by atoms with van der Waals surface area (Å²) in [4.78, 5) is 25.2. The molecule has 2 heteroatoms. The summed E-state index contributed by atoms with van der Waals surface area (Å²) in [6, 6.07) is 18.6. The minimum atomic E-state index is -0.455. The minimum absolute atomic E-state index is 0.450. The molecule has 3 aromatic rings. The molecule has 0 heterocycles. The summed E-state index contributed by atoms with van der Waals surface area (Å²) in [6.07, 6.45) is 0. The number of carbonyl (C=O) groups excluding carboxylic acids is 2. The predicted octanol–water partition coefficient (Wildman–Crippen LogP) is 4.52. The lowest BCUT2D eigenvalue weighted by Crippen LogP contribution is -2.16. The van der Waals surface area contributed by atoms with Gasteiger partial charge in [0.2, 0.25) is 11.6 Å². The third-order valence-corrected chi connectivity index (χ3v) is 3.87. The van der Waals surface area contributed by atoms with Gasteiger partial charge in [-0.15, -0.1) is 0 Å². The molecule has 0 amide bonds. The SMILES string of the molecule is Cc1ccc(C(=O)C(=O)c2cccc3ccccc23)c(C)c1. The zero-order valence-corrected chi connectivity index (χ0v) is 12.6. The molecule has 0 spiro atoms. The van der Waals surface area contributed by atoms with Crippen LogP contribution in [0.1, 0.15) is 31.8 Å². The maximum absolute atomic E-state index is 12.6. The molecular formula is C20H16O2. The Bertz CT molecular complexity index is 886. The number of carbonyl (C=O) groups is 2. The van der Waals surface area contributed by atoms with Crippen LogP contribution >= 0.6 is 0 Å². The Kier molecular flexibility index (Phi) is 3.60. The van der Waals surface area contributed by atoms with E-state index in [0.29, 0.717) is 11.1 Å². The average molecular weight is 288 g/mol. The molecule has 0 saturated heterocycles. The molecule has 3 aromatic carbocycles. The van der Waals surface area contributed by atoms with Gasteiger partial charge in [-0.05, 0) is 30.2 Å². The predicted molar refractivity (Wildman–Crippen MR) is 88.5 cm³/mol. The molecule has 0 aromatic heterocycles. The Morgan fingerprint density at radius 3 is 2.18 bits per heavy atom. The van der Waals surface area contributed by atoms with Crippen LogP contribution in [0.25, 0.3) is 10.8 Å². The monoisotopic (exact) mass is 288 g/mol.